The van der Waals surface area contributed by atoms with Crippen LogP contribution in [0.3, 0.4) is 0 Å². The lowest BCUT2D eigenvalue weighted by molar-refractivity contribution is 0.0391. The Hall–Kier alpha value is -1.55. The summed E-state index contributed by atoms with van der Waals surface area (Å²) >= 11 is 0. The molecule has 4 nitrogen and oxygen atoms in total. The van der Waals surface area contributed by atoms with Crippen molar-refractivity contribution in [2.24, 2.45) is 0 Å². The van der Waals surface area contributed by atoms with E-state index < -0.39 is 5.60 Å². The summed E-state index contributed by atoms with van der Waals surface area (Å²) in [6.45, 7) is 7.58. The molecular formula is C17H26N2O2. The zero-order valence-corrected chi connectivity index (χ0v) is 13.5. The molecule has 1 saturated heterocycles. The number of benzene rings is 1. The van der Waals surface area contributed by atoms with Gasteiger partial charge in [-0.15, -0.1) is 0 Å². The van der Waals surface area contributed by atoms with Crippen LogP contribution in [-0.4, -0.2) is 36.7 Å². The Labute approximate surface area is 127 Å². The van der Waals surface area contributed by atoms with Gasteiger partial charge in [0, 0.05) is 13.1 Å². The van der Waals surface area contributed by atoms with Crippen LogP contribution in [0.2, 0.25) is 0 Å². The highest BCUT2D eigenvalue weighted by molar-refractivity contribution is 5.69. The van der Waals surface area contributed by atoms with Crippen LogP contribution < -0.4 is 5.32 Å². The molecule has 0 bridgehead atoms. The first-order chi connectivity index (χ1) is 9.81. The number of likely N-dealkylation sites (tertiary alicyclic amines) is 1. The Morgan fingerprint density at radius 3 is 2.29 bits per heavy atom. The van der Waals surface area contributed by atoms with Gasteiger partial charge in [-0.05, 0) is 46.2 Å². The topological polar surface area (TPSA) is 41.6 Å². The molecule has 2 rings (SSSR count). The largest absolute Gasteiger partial charge is 0.444 e. The van der Waals surface area contributed by atoms with Gasteiger partial charge in [-0.2, -0.15) is 0 Å². The van der Waals surface area contributed by atoms with Crippen LogP contribution in [0.15, 0.2) is 30.3 Å². The second kappa shape index (κ2) is 6.06. The van der Waals surface area contributed by atoms with E-state index in [-0.39, 0.29) is 11.6 Å². The Morgan fingerprint density at radius 2 is 1.76 bits per heavy atom. The third-order valence-corrected chi connectivity index (χ3v) is 3.91. The summed E-state index contributed by atoms with van der Waals surface area (Å²) in [4.78, 5) is 14.5. The van der Waals surface area contributed by atoms with Crippen molar-refractivity contribution in [2.75, 3.05) is 20.1 Å². The highest BCUT2D eigenvalue weighted by Crippen LogP contribution is 2.32. The minimum atomic E-state index is -0.479. The average molecular weight is 290 g/mol. The van der Waals surface area contributed by atoms with Gasteiger partial charge in [0.1, 0.15) is 5.60 Å². The number of rotatable bonds is 2. The van der Waals surface area contributed by atoms with Crippen molar-refractivity contribution in [1.29, 1.82) is 0 Å². The summed E-state index contributed by atoms with van der Waals surface area (Å²) < 4.78 is 5.45. The van der Waals surface area contributed by atoms with E-state index in [0.717, 1.165) is 31.5 Å². The lowest BCUT2D eigenvalue weighted by Crippen LogP contribution is -2.53. The standard InChI is InChI=1S/C17H26N2O2/c1-16(2,3)21-15(20)18-17(10-12-19(4)13-11-17)14-8-6-5-7-9-14/h5-9H,10-13H2,1-4H3,(H,18,20). The third-order valence-electron chi connectivity index (χ3n) is 3.91. The minimum Gasteiger partial charge on any atom is -0.444 e. The van der Waals surface area contributed by atoms with E-state index in [1.165, 1.54) is 0 Å². The summed E-state index contributed by atoms with van der Waals surface area (Å²) in [7, 11) is 2.11. The maximum absolute atomic E-state index is 12.2. The number of piperidine rings is 1. The van der Waals surface area contributed by atoms with Crippen LogP contribution in [0.5, 0.6) is 0 Å². The molecule has 1 aliphatic heterocycles. The molecule has 1 aromatic carbocycles. The maximum atomic E-state index is 12.2. The van der Waals surface area contributed by atoms with Gasteiger partial charge in [0.05, 0.1) is 5.54 Å². The van der Waals surface area contributed by atoms with E-state index in [4.69, 9.17) is 4.74 Å². The number of hydrogen-bond donors (Lipinski definition) is 1. The molecule has 4 heteroatoms. The highest BCUT2D eigenvalue weighted by Gasteiger charge is 2.37. The molecule has 0 spiro atoms. The molecule has 0 unspecified atom stereocenters. The van der Waals surface area contributed by atoms with Crippen LogP contribution in [-0.2, 0) is 10.3 Å². The van der Waals surface area contributed by atoms with Crippen molar-refractivity contribution >= 4 is 6.09 Å². The van der Waals surface area contributed by atoms with E-state index in [9.17, 15) is 4.79 Å². The number of ether oxygens (including phenoxy) is 1. The van der Waals surface area contributed by atoms with E-state index >= 15 is 0 Å². The van der Waals surface area contributed by atoms with Gasteiger partial charge in [-0.25, -0.2) is 4.79 Å². The molecule has 1 fully saturated rings. The van der Waals surface area contributed by atoms with Gasteiger partial charge in [-0.3, -0.25) is 0 Å². The van der Waals surface area contributed by atoms with E-state index in [0.29, 0.717) is 0 Å². The molecule has 0 aliphatic carbocycles. The zero-order chi connectivity index (χ0) is 15.5. The van der Waals surface area contributed by atoms with Gasteiger partial charge in [-0.1, -0.05) is 30.3 Å². The molecule has 1 amide bonds. The van der Waals surface area contributed by atoms with Crippen LogP contribution in [0, 0.1) is 0 Å². The van der Waals surface area contributed by atoms with Gasteiger partial charge >= 0.3 is 6.09 Å². The summed E-state index contributed by atoms with van der Waals surface area (Å²) in [6.07, 6.45) is 1.45. The SMILES string of the molecule is CN1CCC(NC(=O)OC(C)(C)C)(c2ccccc2)CC1. The number of alkyl carbamates (subject to hydrolysis) is 1. The molecule has 0 aromatic heterocycles. The van der Waals surface area contributed by atoms with E-state index in [1.807, 2.05) is 39.0 Å². The molecule has 1 aliphatic rings. The Morgan fingerprint density at radius 1 is 1.19 bits per heavy atom. The monoisotopic (exact) mass is 290 g/mol. The first-order valence-electron chi connectivity index (χ1n) is 7.56. The quantitative estimate of drug-likeness (QED) is 0.910. The predicted octanol–water partition coefficient (Wildman–Crippen LogP) is 3.13. The molecule has 0 saturated carbocycles. The highest BCUT2D eigenvalue weighted by atomic mass is 16.6. The molecular weight excluding hydrogens is 264 g/mol. The number of carbonyl (C=O) groups is 1. The summed E-state index contributed by atoms with van der Waals surface area (Å²) in [5, 5.41) is 3.14. The van der Waals surface area contributed by atoms with Crippen molar-refractivity contribution in [3.8, 4) is 0 Å². The maximum Gasteiger partial charge on any atom is 0.408 e. The third kappa shape index (κ3) is 4.21. The normalized spacial score (nSPS) is 19.0. The predicted molar refractivity (Wildman–Crippen MR) is 84.2 cm³/mol. The Kier molecular flexibility index (Phi) is 4.57. The van der Waals surface area contributed by atoms with Crippen molar-refractivity contribution < 1.29 is 9.53 Å². The number of hydrogen-bond acceptors (Lipinski definition) is 3. The molecule has 116 valence electrons. The van der Waals surface area contributed by atoms with Crippen LogP contribution in [0.4, 0.5) is 4.79 Å². The van der Waals surface area contributed by atoms with Crippen molar-refractivity contribution in [3.63, 3.8) is 0 Å². The summed E-state index contributed by atoms with van der Waals surface area (Å²) in [5.41, 5.74) is 0.354. The second-order valence-corrected chi connectivity index (χ2v) is 6.88. The van der Waals surface area contributed by atoms with Gasteiger partial charge in [0.15, 0.2) is 0 Å². The molecule has 1 N–H and O–H groups in total. The van der Waals surface area contributed by atoms with Crippen LogP contribution >= 0.6 is 0 Å². The number of amides is 1. The Balaban J connectivity index is 2.19. The fraction of sp³-hybridized carbons (Fsp3) is 0.588. The lowest BCUT2D eigenvalue weighted by Gasteiger charge is -2.41. The minimum absolute atomic E-state index is 0.323. The van der Waals surface area contributed by atoms with Crippen molar-refractivity contribution in [2.45, 2.75) is 44.8 Å². The smallest absolute Gasteiger partial charge is 0.408 e. The lowest BCUT2D eigenvalue weighted by atomic mass is 9.81. The van der Waals surface area contributed by atoms with Gasteiger partial charge in [0.25, 0.3) is 0 Å². The number of nitrogens with zero attached hydrogens (tertiary/aromatic N) is 1. The van der Waals surface area contributed by atoms with Crippen molar-refractivity contribution in [1.82, 2.24) is 10.2 Å². The van der Waals surface area contributed by atoms with E-state index in [1.54, 1.807) is 0 Å². The van der Waals surface area contributed by atoms with Gasteiger partial charge in [0.2, 0.25) is 0 Å². The fourth-order valence-corrected chi connectivity index (χ4v) is 2.74. The molecule has 0 atom stereocenters. The van der Waals surface area contributed by atoms with Crippen LogP contribution in [0.1, 0.15) is 39.2 Å². The van der Waals surface area contributed by atoms with Crippen LogP contribution in [0.25, 0.3) is 0 Å². The molecule has 1 heterocycles. The van der Waals surface area contributed by atoms with Gasteiger partial charge < -0.3 is 15.0 Å². The summed E-state index contributed by atoms with van der Waals surface area (Å²) in [6, 6.07) is 10.2. The number of nitrogens with one attached hydrogen (secondary N) is 1. The molecule has 21 heavy (non-hydrogen) atoms. The average Bonchev–Trinajstić information content (AvgIpc) is 2.40. The van der Waals surface area contributed by atoms with Crippen molar-refractivity contribution in [3.05, 3.63) is 35.9 Å². The first kappa shape index (κ1) is 15.8. The fourth-order valence-electron chi connectivity index (χ4n) is 2.74. The zero-order valence-electron chi connectivity index (χ0n) is 13.5. The molecule has 1 aromatic rings. The molecule has 0 radical (unpaired) electrons. The Bertz CT molecular complexity index is 471. The second-order valence-electron chi connectivity index (χ2n) is 6.88. The van der Waals surface area contributed by atoms with E-state index in [2.05, 4.69) is 29.4 Å². The summed E-state index contributed by atoms with van der Waals surface area (Å²) in [5.74, 6) is 0. The number of carbonyl (C=O) groups excluding carboxylic acids is 1. The first-order valence-corrected chi connectivity index (χ1v) is 7.56.